The van der Waals surface area contributed by atoms with Crippen LogP contribution in [-0.2, 0) is 9.47 Å². The molecule has 33 heavy (non-hydrogen) atoms. The number of nitrogens with two attached hydrogens (primary N) is 1. The van der Waals surface area contributed by atoms with Crippen LogP contribution in [0.15, 0.2) is 54.7 Å². The number of hydrogen-bond donors (Lipinski definition) is 2. The average Bonchev–Trinajstić information content (AvgIpc) is 3.16. The smallest absolute Gasteiger partial charge is 0.407 e. The third-order valence-corrected chi connectivity index (χ3v) is 5.26. The molecule has 0 unspecified atom stereocenters. The summed E-state index contributed by atoms with van der Waals surface area (Å²) in [5, 5.41) is 2.69. The molecule has 1 aliphatic carbocycles. The zero-order valence-electron chi connectivity index (χ0n) is 18.0. The number of hydrogen-bond acceptors (Lipinski definition) is 7. The molecule has 0 spiro atoms. The number of rotatable bonds is 5. The summed E-state index contributed by atoms with van der Waals surface area (Å²) >= 11 is 0. The number of carbonyl (C=O) groups excluding carboxylic acids is 2. The Morgan fingerprint density at radius 2 is 1.76 bits per heavy atom. The molecule has 1 heterocycles. The number of fused-ring (bicyclic) bond motifs is 3. The largest absolute Gasteiger partial charge is 0.464 e. The summed E-state index contributed by atoms with van der Waals surface area (Å²) in [6.07, 6.45) is 1.23. The lowest BCUT2D eigenvalue weighted by molar-refractivity contribution is 0.0594. The number of alkyl carbamates (subject to hydrolysis) is 1. The Morgan fingerprint density at radius 3 is 2.42 bits per heavy atom. The monoisotopic (exact) mass is 442 g/mol. The van der Waals surface area contributed by atoms with Gasteiger partial charge in [0.1, 0.15) is 12.3 Å². The van der Waals surface area contributed by atoms with Gasteiger partial charge in [-0.1, -0.05) is 54.5 Å². The molecule has 2 aromatic carbocycles. The van der Waals surface area contributed by atoms with Gasteiger partial charge < -0.3 is 20.5 Å². The highest BCUT2D eigenvalue weighted by Gasteiger charge is 2.28. The number of methoxy groups -OCH3 is 1. The minimum atomic E-state index is -0.680. The number of nitrogen functional groups attached to an aromatic ring is 1. The van der Waals surface area contributed by atoms with E-state index in [0.717, 1.165) is 11.1 Å². The van der Waals surface area contributed by atoms with Gasteiger partial charge in [0, 0.05) is 18.9 Å². The minimum Gasteiger partial charge on any atom is -0.464 e. The number of amides is 1. The van der Waals surface area contributed by atoms with Gasteiger partial charge in [0.2, 0.25) is 0 Å². The van der Waals surface area contributed by atoms with Crippen molar-refractivity contribution in [1.29, 1.82) is 0 Å². The van der Waals surface area contributed by atoms with E-state index in [1.165, 1.54) is 24.4 Å². The second kappa shape index (κ2) is 9.83. The topological polar surface area (TPSA) is 116 Å². The van der Waals surface area contributed by atoms with E-state index in [-0.39, 0.29) is 29.7 Å². The number of nitrogens with one attached hydrogen (secondary N) is 1. The molecule has 1 amide bonds. The lowest BCUT2D eigenvalue weighted by Crippen LogP contribution is -2.26. The van der Waals surface area contributed by atoms with Crippen molar-refractivity contribution in [2.24, 2.45) is 0 Å². The van der Waals surface area contributed by atoms with E-state index in [9.17, 15) is 9.59 Å². The molecule has 4 rings (SSSR count). The summed E-state index contributed by atoms with van der Waals surface area (Å²) in [4.78, 5) is 31.7. The Hall–Kier alpha value is -4.38. The molecule has 1 aromatic heterocycles. The summed E-state index contributed by atoms with van der Waals surface area (Å²) in [6, 6.07) is 16.3. The predicted octanol–water partition coefficient (Wildman–Crippen LogP) is 3.13. The molecule has 0 atom stereocenters. The average molecular weight is 442 g/mol. The van der Waals surface area contributed by atoms with Crippen LogP contribution in [-0.4, -0.2) is 42.3 Å². The molecule has 166 valence electrons. The molecule has 0 radical (unpaired) electrons. The van der Waals surface area contributed by atoms with E-state index in [1.807, 2.05) is 24.3 Å². The molecule has 3 aromatic rings. The molecule has 0 saturated carbocycles. The molecular weight excluding hydrogens is 420 g/mol. The van der Waals surface area contributed by atoms with Crippen LogP contribution < -0.4 is 11.1 Å². The second-order valence-electron chi connectivity index (χ2n) is 7.28. The van der Waals surface area contributed by atoms with Gasteiger partial charge in [-0.25, -0.2) is 19.6 Å². The normalized spacial score (nSPS) is 11.5. The molecule has 3 N–H and O–H groups in total. The van der Waals surface area contributed by atoms with Crippen LogP contribution in [0, 0.1) is 11.8 Å². The van der Waals surface area contributed by atoms with Crippen molar-refractivity contribution >= 4 is 17.9 Å². The first-order valence-corrected chi connectivity index (χ1v) is 10.4. The van der Waals surface area contributed by atoms with E-state index in [1.54, 1.807) is 0 Å². The fourth-order valence-corrected chi connectivity index (χ4v) is 3.74. The van der Waals surface area contributed by atoms with Crippen LogP contribution in [0.4, 0.5) is 10.6 Å². The van der Waals surface area contributed by atoms with Gasteiger partial charge in [0.05, 0.1) is 13.3 Å². The van der Waals surface area contributed by atoms with Gasteiger partial charge in [0.25, 0.3) is 0 Å². The molecule has 0 aliphatic heterocycles. The zero-order valence-corrected chi connectivity index (χ0v) is 18.0. The molecule has 0 fully saturated rings. The van der Waals surface area contributed by atoms with Gasteiger partial charge in [-0.15, -0.1) is 0 Å². The van der Waals surface area contributed by atoms with Crippen LogP contribution in [0.2, 0.25) is 0 Å². The van der Waals surface area contributed by atoms with Crippen LogP contribution in [0.1, 0.15) is 39.6 Å². The summed E-state index contributed by atoms with van der Waals surface area (Å²) < 4.78 is 10.1. The number of nitrogens with zero attached hydrogens (tertiary/aromatic N) is 2. The van der Waals surface area contributed by atoms with Gasteiger partial charge in [0.15, 0.2) is 11.5 Å². The Bertz CT molecular complexity index is 1220. The third-order valence-electron chi connectivity index (χ3n) is 5.26. The predicted molar refractivity (Wildman–Crippen MR) is 122 cm³/mol. The maximum absolute atomic E-state index is 12.2. The van der Waals surface area contributed by atoms with Crippen molar-refractivity contribution in [3.63, 3.8) is 0 Å². The summed E-state index contributed by atoms with van der Waals surface area (Å²) in [7, 11) is 1.23. The van der Waals surface area contributed by atoms with Crippen LogP contribution in [0.25, 0.3) is 11.1 Å². The van der Waals surface area contributed by atoms with E-state index >= 15 is 0 Å². The molecule has 0 bridgehead atoms. The standard InChI is InChI=1S/C25H22N4O4/c1-32-24(30)22-23(26)28-14-16(29-22)8-6-7-13-27-25(31)33-15-21-19-11-4-2-9-17(19)18-10-3-5-12-20(18)21/h2-5,9-12,14,21H,7,13,15H2,1H3,(H2,26,28)(H,27,31). The highest BCUT2D eigenvalue weighted by Crippen LogP contribution is 2.44. The fraction of sp³-hybridized carbons (Fsp3) is 0.200. The molecule has 8 nitrogen and oxygen atoms in total. The number of benzene rings is 2. The van der Waals surface area contributed by atoms with Gasteiger partial charge in [-0.2, -0.15) is 0 Å². The summed E-state index contributed by atoms with van der Waals surface area (Å²) in [6.45, 7) is 0.554. The van der Waals surface area contributed by atoms with Gasteiger partial charge in [-0.3, -0.25) is 0 Å². The third kappa shape index (κ3) is 4.77. The summed E-state index contributed by atoms with van der Waals surface area (Å²) in [5.41, 5.74) is 10.5. The number of carbonyl (C=O) groups is 2. The first-order chi connectivity index (χ1) is 16.1. The number of aromatic nitrogens is 2. The first-order valence-electron chi connectivity index (χ1n) is 10.4. The van der Waals surface area contributed by atoms with E-state index in [0.29, 0.717) is 13.0 Å². The Kier molecular flexibility index (Phi) is 6.51. The van der Waals surface area contributed by atoms with Crippen molar-refractivity contribution in [2.45, 2.75) is 12.3 Å². The SMILES string of the molecule is COC(=O)c1nc(C#CCCNC(=O)OCC2c3ccccc3-c3ccccc32)cnc1N. The summed E-state index contributed by atoms with van der Waals surface area (Å²) in [5.74, 6) is 4.96. The van der Waals surface area contributed by atoms with Gasteiger partial charge >= 0.3 is 12.1 Å². The van der Waals surface area contributed by atoms with Crippen molar-refractivity contribution in [1.82, 2.24) is 15.3 Å². The van der Waals surface area contributed by atoms with Crippen molar-refractivity contribution in [3.05, 3.63) is 77.2 Å². The lowest BCUT2D eigenvalue weighted by atomic mass is 9.98. The second-order valence-corrected chi connectivity index (χ2v) is 7.28. The van der Waals surface area contributed by atoms with Crippen molar-refractivity contribution in [2.75, 3.05) is 26.0 Å². The van der Waals surface area contributed by atoms with E-state index < -0.39 is 12.1 Å². The Labute approximate surface area is 191 Å². The quantitative estimate of drug-likeness (QED) is 0.354. The zero-order chi connectivity index (χ0) is 23.2. The first kappa shape index (κ1) is 21.8. The molecular formula is C25H22N4O4. The molecule has 8 heteroatoms. The van der Waals surface area contributed by atoms with Crippen molar-refractivity contribution < 1.29 is 19.1 Å². The van der Waals surface area contributed by atoms with Crippen LogP contribution in [0.5, 0.6) is 0 Å². The highest BCUT2D eigenvalue weighted by molar-refractivity contribution is 5.91. The number of anilines is 1. The van der Waals surface area contributed by atoms with E-state index in [2.05, 4.69) is 56.1 Å². The fourth-order valence-electron chi connectivity index (χ4n) is 3.74. The lowest BCUT2D eigenvalue weighted by Gasteiger charge is -2.14. The highest BCUT2D eigenvalue weighted by atomic mass is 16.5. The van der Waals surface area contributed by atoms with E-state index in [4.69, 9.17) is 10.5 Å². The Morgan fingerprint density at radius 1 is 1.09 bits per heavy atom. The molecule has 0 saturated heterocycles. The van der Waals surface area contributed by atoms with Crippen molar-refractivity contribution in [3.8, 4) is 23.0 Å². The number of esters is 1. The van der Waals surface area contributed by atoms with Crippen LogP contribution in [0.3, 0.4) is 0 Å². The molecule has 1 aliphatic rings. The maximum Gasteiger partial charge on any atom is 0.407 e. The Balaban J connectivity index is 1.28. The van der Waals surface area contributed by atoms with Gasteiger partial charge in [-0.05, 0) is 28.2 Å². The minimum absolute atomic E-state index is 0.0102. The van der Waals surface area contributed by atoms with Crippen LogP contribution >= 0.6 is 0 Å². The maximum atomic E-state index is 12.2. The number of ether oxygens (including phenoxy) is 2.